The Bertz CT molecular complexity index is 1180. The maximum Gasteiger partial charge on any atom is 0.269 e. The number of halogens is 1. The molecule has 0 radical (unpaired) electrons. The number of anilines is 1. The third-order valence-corrected chi connectivity index (χ3v) is 5.60. The number of rotatable bonds is 3. The van der Waals surface area contributed by atoms with Crippen molar-refractivity contribution in [3.63, 3.8) is 0 Å². The van der Waals surface area contributed by atoms with Gasteiger partial charge in [0.2, 0.25) is 0 Å². The Balaban J connectivity index is 1.61. The second kappa shape index (κ2) is 7.31. The van der Waals surface area contributed by atoms with Crippen molar-refractivity contribution in [3.8, 4) is 0 Å². The smallest absolute Gasteiger partial charge is 0.269 e. The average molecular weight is 417 g/mol. The van der Waals surface area contributed by atoms with Gasteiger partial charge in [-0.3, -0.25) is 10.1 Å². The van der Waals surface area contributed by atoms with Crippen LogP contribution in [0.3, 0.4) is 0 Å². The van der Waals surface area contributed by atoms with Gasteiger partial charge in [-0.1, -0.05) is 48.0 Å². The molecule has 1 atom stereocenters. The third kappa shape index (κ3) is 3.21. The number of hydrogen-bond donors (Lipinski definition) is 0. The van der Waals surface area contributed by atoms with E-state index in [0.29, 0.717) is 5.02 Å². The molecule has 0 spiro atoms. The van der Waals surface area contributed by atoms with Crippen LogP contribution in [0, 0.1) is 10.1 Å². The van der Waals surface area contributed by atoms with Crippen molar-refractivity contribution >= 4 is 34.9 Å². The monoisotopic (exact) mass is 416 g/mol. The second-order valence-electron chi connectivity index (χ2n) is 7.18. The fourth-order valence-corrected chi connectivity index (χ4v) is 4.09. The fraction of sp³-hybridized carbons (Fsp3) is 0.0870. The second-order valence-corrected chi connectivity index (χ2v) is 7.61. The minimum Gasteiger partial charge on any atom is -0.316 e. The Morgan fingerprint density at radius 1 is 1.03 bits per heavy atom. The molecule has 0 amide bonds. The standard InChI is InChI=1S/C23H17ClN4O2/c24-19-7-6-17-13-23-26(25-14-18(17)12-19)15-22(16-4-2-1-3-5-16)27(23)20-8-10-21(11-9-20)28(29)30/h1-12,14-15,23H,13H2. The van der Waals surface area contributed by atoms with E-state index in [0.717, 1.165) is 34.5 Å². The van der Waals surface area contributed by atoms with Crippen LogP contribution in [0.4, 0.5) is 11.4 Å². The topological polar surface area (TPSA) is 62.0 Å². The van der Waals surface area contributed by atoms with Crippen LogP contribution in [0.5, 0.6) is 0 Å². The van der Waals surface area contributed by atoms with Crippen molar-refractivity contribution in [2.75, 3.05) is 4.90 Å². The van der Waals surface area contributed by atoms with Gasteiger partial charge in [0.1, 0.15) is 6.17 Å². The lowest BCUT2D eigenvalue weighted by atomic mass is 10.0. The SMILES string of the molecule is O=[N+]([O-])c1ccc(N2C(c3ccccc3)=CN3N=Cc4cc(Cl)ccc4CC32)cc1. The van der Waals surface area contributed by atoms with Crippen LogP contribution in [-0.4, -0.2) is 22.3 Å². The summed E-state index contributed by atoms with van der Waals surface area (Å²) in [6.07, 6.45) is 4.47. The zero-order valence-electron chi connectivity index (χ0n) is 15.9. The predicted molar refractivity (Wildman–Crippen MR) is 118 cm³/mol. The maximum atomic E-state index is 11.1. The molecule has 2 heterocycles. The van der Waals surface area contributed by atoms with Gasteiger partial charge in [0.05, 0.1) is 23.0 Å². The van der Waals surface area contributed by atoms with Crippen molar-refractivity contribution in [2.24, 2.45) is 5.10 Å². The summed E-state index contributed by atoms with van der Waals surface area (Å²) in [6, 6.07) is 22.5. The molecular weight excluding hydrogens is 400 g/mol. The Morgan fingerprint density at radius 3 is 2.53 bits per heavy atom. The van der Waals surface area contributed by atoms with Gasteiger partial charge < -0.3 is 4.90 Å². The van der Waals surface area contributed by atoms with Gasteiger partial charge in [0.25, 0.3) is 5.69 Å². The van der Waals surface area contributed by atoms with Crippen LogP contribution in [0.2, 0.25) is 5.02 Å². The van der Waals surface area contributed by atoms with Gasteiger partial charge in [-0.05, 0) is 41.0 Å². The largest absolute Gasteiger partial charge is 0.316 e. The summed E-state index contributed by atoms with van der Waals surface area (Å²) < 4.78 is 0. The Hall–Kier alpha value is -3.64. The molecule has 0 aliphatic carbocycles. The zero-order valence-corrected chi connectivity index (χ0v) is 16.6. The molecule has 0 fully saturated rings. The predicted octanol–water partition coefficient (Wildman–Crippen LogP) is 5.29. The Morgan fingerprint density at radius 2 is 1.80 bits per heavy atom. The highest BCUT2D eigenvalue weighted by molar-refractivity contribution is 6.30. The first-order valence-corrected chi connectivity index (χ1v) is 9.89. The van der Waals surface area contributed by atoms with E-state index in [9.17, 15) is 10.1 Å². The summed E-state index contributed by atoms with van der Waals surface area (Å²) in [6.45, 7) is 0. The lowest BCUT2D eigenvalue weighted by molar-refractivity contribution is -0.384. The number of hydrogen-bond acceptors (Lipinski definition) is 5. The minimum atomic E-state index is -0.385. The van der Waals surface area contributed by atoms with Gasteiger partial charge in [0, 0.05) is 29.3 Å². The Labute approximate surface area is 178 Å². The number of nitro groups is 1. The lowest BCUT2D eigenvalue weighted by Gasteiger charge is -2.31. The van der Waals surface area contributed by atoms with Crippen LogP contribution in [-0.2, 0) is 6.42 Å². The molecule has 7 heteroatoms. The molecule has 1 unspecified atom stereocenters. The summed E-state index contributed by atoms with van der Waals surface area (Å²) in [5.41, 5.74) is 5.12. The van der Waals surface area contributed by atoms with E-state index in [-0.39, 0.29) is 16.8 Å². The molecule has 0 saturated carbocycles. The van der Waals surface area contributed by atoms with E-state index in [1.807, 2.05) is 66.0 Å². The molecule has 0 bridgehead atoms. The van der Waals surface area contributed by atoms with Crippen LogP contribution >= 0.6 is 11.6 Å². The normalized spacial score (nSPS) is 17.2. The molecule has 5 rings (SSSR count). The van der Waals surface area contributed by atoms with Gasteiger partial charge >= 0.3 is 0 Å². The fourth-order valence-electron chi connectivity index (χ4n) is 3.91. The molecule has 2 aliphatic heterocycles. The minimum absolute atomic E-state index is 0.0684. The van der Waals surface area contributed by atoms with Crippen molar-refractivity contribution in [2.45, 2.75) is 12.6 Å². The van der Waals surface area contributed by atoms with E-state index < -0.39 is 0 Å². The third-order valence-electron chi connectivity index (χ3n) is 5.37. The highest BCUT2D eigenvalue weighted by Crippen LogP contribution is 2.38. The number of benzene rings is 3. The number of non-ortho nitro benzene ring substituents is 1. The quantitative estimate of drug-likeness (QED) is 0.430. The lowest BCUT2D eigenvalue weighted by Crippen LogP contribution is -2.38. The molecule has 0 N–H and O–H groups in total. The molecule has 0 aromatic heterocycles. The van der Waals surface area contributed by atoms with Crippen molar-refractivity contribution in [1.82, 2.24) is 5.01 Å². The number of nitrogens with zero attached hydrogens (tertiary/aromatic N) is 4. The summed E-state index contributed by atoms with van der Waals surface area (Å²) >= 11 is 6.17. The van der Waals surface area contributed by atoms with E-state index in [1.54, 1.807) is 12.1 Å². The van der Waals surface area contributed by atoms with Crippen molar-refractivity contribution in [1.29, 1.82) is 0 Å². The number of fused-ring (bicyclic) bond motifs is 2. The molecular formula is C23H17ClN4O2. The molecule has 148 valence electrons. The Kier molecular flexibility index (Phi) is 4.48. The molecule has 0 saturated heterocycles. The highest BCUT2D eigenvalue weighted by atomic mass is 35.5. The maximum absolute atomic E-state index is 11.1. The van der Waals surface area contributed by atoms with Crippen LogP contribution < -0.4 is 4.90 Å². The van der Waals surface area contributed by atoms with Crippen molar-refractivity contribution < 1.29 is 4.92 Å². The zero-order chi connectivity index (χ0) is 20.7. The van der Waals surface area contributed by atoms with E-state index in [4.69, 9.17) is 11.6 Å². The van der Waals surface area contributed by atoms with E-state index >= 15 is 0 Å². The summed E-state index contributed by atoms with van der Waals surface area (Å²) in [5.74, 6) is 0. The van der Waals surface area contributed by atoms with E-state index in [1.165, 1.54) is 12.1 Å². The van der Waals surface area contributed by atoms with Gasteiger partial charge in [-0.15, -0.1) is 0 Å². The first-order chi connectivity index (χ1) is 14.6. The van der Waals surface area contributed by atoms with Crippen LogP contribution in [0.1, 0.15) is 16.7 Å². The van der Waals surface area contributed by atoms with Gasteiger partial charge in [0.15, 0.2) is 0 Å². The number of hydrazone groups is 1. The summed E-state index contributed by atoms with van der Waals surface area (Å²) in [4.78, 5) is 12.9. The van der Waals surface area contributed by atoms with Crippen LogP contribution in [0.25, 0.3) is 5.70 Å². The molecule has 3 aromatic carbocycles. The first kappa shape index (κ1) is 18.4. The molecule has 30 heavy (non-hydrogen) atoms. The highest BCUT2D eigenvalue weighted by Gasteiger charge is 2.35. The summed E-state index contributed by atoms with van der Waals surface area (Å²) in [7, 11) is 0. The average Bonchev–Trinajstić information content (AvgIpc) is 3.03. The van der Waals surface area contributed by atoms with Crippen LogP contribution in [0.15, 0.2) is 84.1 Å². The summed E-state index contributed by atoms with van der Waals surface area (Å²) in [5, 5.41) is 18.4. The first-order valence-electron chi connectivity index (χ1n) is 9.52. The molecule has 6 nitrogen and oxygen atoms in total. The molecule has 2 aliphatic rings. The van der Waals surface area contributed by atoms with Gasteiger partial charge in [-0.25, -0.2) is 5.01 Å². The van der Waals surface area contributed by atoms with E-state index in [2.05, 4.69) is 10.0 Å². The van der Waals surface area contributed by atoms with Crippen molar-refractivity contribution in [3.05, 3.63) is 111 Å². The molecule has 3 aromatic rings. The van der Waals surface area contributed by atoms with Gasteiger partial charge in [-0.2, -0.15) is 5.10 Å². The number of nitro benzene ring substituents is 1.